The lowest BCUT2D eigenvalue weighted by atomic mass is 10.2. The molecule has 0 radical (unpaired) electrons. The van der Waals surface area contributed by atoms with E-state index in [1.807, 2.05) is 6.07 Å². The number of anilines is 2. The number of fused-ring (bicyclic) bond motifs is 3. The molecule has 0 amide bonds. The summed E-state index contributed by atoms with van der Waals surface area (Å²) in [6.07, 6.45) is 3.33. The quantitative estimate of drug-likeness (QED) is 0.494. The molecule has 0 fully saturated rings. The van der Waals surface area contributed by atoms with Crippen molar-refractivity contribution in [3.05, 3.63) is 18.5 Å². The molecular weight excluding hydrogens is 192 g/mol. The van der Waals surface area contributed by atoms with Gasteiger partial charge in [0.1, 0.15) is 5.82 Å². The van der Waals surface area contributed by atoms with Gasteiger partial charge >= 0.3 is 0 Å². The monoisotopic (exact) mass is 200 g/mol. The van der Waals surface area contributed by atoms with Crippen molar-refractivity contribution >= 4 is 33.7 Å². The molecule has 5 N–H and O–H groups in total. The van der Waals surface area contributed by atoms with Gasteiger partial charge in [-0.3, -0.25) is 0 Å². The second kappa shape index (κ2) is 2.57. The van der Waals surface area contributed by atoms with E-state index >= 15 is 0 Å². The number of nitrogen functional groups attached to an aromatic ring is 2. The highest BCUT2D eigenvalue weighted by Gasteiger charge is 2.07. The molecule has 0 aliphatic carbocycles. The largest absolute Gasteiger partial charge is 0.383 e. The van der Waals surface area contributed by atoms with Crippen LogP contribution in [0.25, 0.3) is 21.9 Å². The Hall–Kier alpha value is -2.37. The average molecular weight is 200 g/mol. The van der Waals surface area contributed by atoms with Crippen LogP contribution >= 0.6 is 0 Å². The molecular formula is C9H8N6. The highest BCUT2D eigenvalue weighted by atomic mass is 15.0. The van der Waals surface area contributed by atoms with E-state index in [2.05, 4.69) is 19.9 Å². The molecule has 0 saturated heterocycles. The van der Waals surface area contributed by atoms with Gasteiger partial charge in [-0.25, -0.2) is 9.97 Å². The first kappa shape index (κ1) is 7.98. The highest BCUT2D eigenvalue weighted by molar-refractivity contribution is 6.05. The Balaban J connectivity index is 2.61. The van der Waals surface area contributed by atoms with E-state index in [0.717, 1.165) is 16.3 Å². The van der Waals surface area contributed by atoms with E-state index in [9.17, 15) is 0 Å². The Kier molecular flexibility index (Phi) is 1.37. The molecule has 0 atom stereocenters. The van der Waals surface area contributed by atoms with Gasteiger partial charge < -0.3 is 16.5 Å². The van der Waals surface area contributed by atoms with Crippen LogP contribution < -0.4 is 11.5 Å². The van der Waals surface area contributed by atoms with Crippen molar-refractivity contribution in [2.24, 2.45) is 0 Å². The molecule has 0 saturated carbocycles. The predicted octanol–water partition coefficient (Wildman–Crippen LogP) is 0.670. The van der Waals surface area contributed by atoms with Crippen molar-refractivity contribution < 1.29 is 0 Å². The summed E-state index contributed by atoms with van der Waals surface area (Å²) >= 11 is 0. The maximum Gasteiger partial charge on any atom is 0.199 e. The zero-order valence-electron chi connectivity index (χ0n) is 7.73. The Labute approximate surface area is 84.3 Å². The molecule has 3 aromatic heterocycles. The van der Waals surface area contributed by atoms with Crippen molar-refractivity contribution in [3.63, 3.8) is 0 Å². The molecule has 3 rings (SSSR count). The van der Waals surface area contributed by atoms with Crippen LogP contribution in [-0.2, 0) is 0 Å². The number of nitrogens with zero attached hydrogens (tertiary/aromatic N) is 3. The minimum absolute atomic E-state index is 0.286. The summed E-state index contributed by atoms with van der Waals surface area (Å²) in [5.41, 5.74) is 12.8. The average Bonchev–Trinajstić information content (AvgIpc) is 2.65. The van der Waals surface area contributed by atoms with Crippen molar-refractivity contribution in [3.8, 4) is 0 Å². The van der Waals surface area contributed by atoms with Crippen molar-refractivity contribution in [1.82, 2.24) is 19.9 Å². The normalized spacial score (nSPS) is 11.2. The summed E-state index contributed by atoms with van der Waals surface area (Å²) in [5, 5.41) is 1.65. The van der Waals surface area contributed by atoms with Gasteiger partial charge in [-0.15, -0.1) is 0 Å². The Morgan fingerprint density at radius 1 is 1.13 bits per heavy atom. The Bertz CT molecular complexity index is 656. The lowest BCUT2D eigenvalue weighted by Gasteiger charge is -2.03. The molecule has 0 unspecified atom stereocenters. The SMILES string of the molecule is Nc1nc(N)c2cnc3nccc3c2[nH]1. The van der Waals surface area contributed by atoms with Crippen molar-refractivity contribution in [2.45, 2.75) is 0 Å². The van der Waals surface area contributed by atoms with Crippen molar-refractivity contribution in [1.29, 1.82) is 0 Å². The van der Waals surface area contributed by atoms with E-state index in [1.54, 1.807) is 12.4 Å². The minimum Gasteiger partial charge on any atom is -0.383 e. The first-order valence-corrected chi connectivity index (χ1v) is 4.40. The fourth-order valence-corrected chi connectivity index (χ4v) is 1.63. The first-order chi connectivity index (χ1) is 7.25. The smallest absolute Gasteiger partial charge is 0.199 e. The Morgan fingerprint density at radius 2 is 2.00 bits per heavy atom. The number of H-pyrrole nitrogens is 1. The summed E-state index contributed by atoms with van der Waals surface area (Å²) in [6.45, 7) is 0. The van der Waals surface area contributed by atoms with E-state index in [-0.39, 0.29) is 5.95 Å². The van der Waals surface area contributed by atoms with E-state index in [4.69, 9.17) is 11.5 Å². The maximum absolute atomic E-state index is 5.75. The molecule has 15 heavy (non-hydrogen) atoms. The molecule has 0 spiro atoms. The fraction of sp³-hybridized carbons (Fsp3) is 0. The number of nitrogens with two attached hydrogens (primary N) is 2. The lowest BCUT2D eigenvalue weighted by molar-refractivity contribution is 1.24. The van der Waals surface area contributed by atoms with Crippen LogP contribution in [0.1, 0.15) is 0 Å². The minimum atomic E-state index is 0.286. The van der Waals surface area contributed by atoms with Gasteiger partial charge in [0.2, 0.25) is 0 Å². The molecule has 0 aliphatic rings. The molecule has 0 aliphatic heterocycles. The maximum atomic E-state index is 5.75. The summed E-state index contributed by atoms with van der Waals surface area (Å²) in [4.78, 5) is 15.2. The van der Waals surface area contributed by atoms with E-state index in [1.165, 1.54) is 0 Å². The number of aromatic amines is 1. The summed E-state index contributed by atoms with van der Waals surface area (Å²) in [7, 11) is 0. The van der Waals surface area contributed by atoms with Gasteiger partial charge in [-0.1, -0.05) is 0 Å². The van der Waals surface area contributed by atoms with Crippen LogP contribution in [0.4, 0.5) is 11.8 Å². The third-order valence-electron chi connectivity index (χ3n) is 2.30. The Morgan fingerprint density at radius 3 is 2.87 bits per heavy atom. The molecule has 74 valence electrons. The fourth-order valence-electron chi connectivity index (χ4n) is 1.63. The van der Waals surface area contributed by atoms with Crippen LogP contribution in [0.5, 0.6) is 0 Å². The number of aromatic nitrogens is 4. The predicted molar refractivity (Wildman–Crippen MR) is 58.0 cm³/mol. The second-order valence-electron chi connectivity index (χ2n) is 3.24. The van der Waals surface area contributed by atoms with Gasteiger partial charge in [-0.2, -0.15) is 4.98 Å². The van der Waals surface area contributed by atoms with Crippen LogP contribution in [0.2, 0.25) is 0 Å². The molecule has 3 aromatic rings. The zero-order chi connectivity index (χ0) is 10.4. The number of hydrogen-bond acceptors (Lipinski definition) is 5. The van der Waals surface area contributed by atoms with Crippen molar-refractivity contribution in [2.75, 3.05) is 11.5 Å². The topological polar surface area (TPSA) is 106 Å². The van der Waals surface area contributed by atoms with Gasteiger partial charge in [0, 0.05) is 17.8 Å². The zero-order valence-corrected chi connectivity index (χ0v) is 7.73. The third-order valence-corrected chi connectivity index (χ3v) is 2.30. The summed E-state index contributed by atoms with van der Waals surface area (Å²) in [6, 6.07) is 1.86. The molecule has 6 heteroatoms. The van der Waals surface area contributed by atoms with Gasteiger partial charge in [0.15, 0.2) is 11.6 Å². The standard InChI is InChI=1S/C9H8N6/c10-7-5-3-13-8-4(1-2-12-8)6(5)14-9(11)15-7/h1-3H,10H2,(H3,11,14,15). The highest BCUT2D eigenvalue weighted by Crippen LogP contribution is 2.24. The lowest BCUT2D eigenvalue weighted by Crippen LogP contribution is -2.00. The van der Waals surface area contributed by atoms with Gasteiger partial charge in [-0.05, 0) is 6.07 Å². The molecule has 0 bridgehead atoms. The van der Waals surface area contributed by atoms with Gasteiger partial charge in [0.05, 0.1) is 10.9 Å². The molecule has 3 heterocycles. The number of nitrogens with one attached hydrogen (secondary N) is 1. The summed E-state index contributed by atoms with van der Waals surface area (Å²) in [5.74, 6) is 0.658. The van der Waals surface area contributed by atoms with Crippen LogP contribution in [0, 0.1) is 0 Å². The molecule has 0 aromatic carbocycles. The summed E-state index contributed by atoms with van der Waals surface area (Å²) < 4.78 is 0. The third kappa shape index (κ3) is 1.01. The van der Waals surface area contributed by atoms with E-state index in [0.29, 0.717) is 11.5 Å². The molecule has 6 nitrogen and oxygen atoms in total. The van der Waals surface area contributed by atoms with Gasteiger partial charge in [0.25, 0.3) is 0 Å². The number of rotatable bonds is 0. The van der Waals surface area contributed by atoms with E-state index < -0.39 is 0 Å². The number of hydrogen-bond donors (Lipinski definition) is 3. The van der Waals surface area contributed by atoms with Crippen LogP contribution in [0.3, 0.4) is 0 Å². The van der Waals surface area contributed by atoms with Crippen LogP contribution in [-0.4, -0.2) is 19.9 Å². The second-order valence-corrected chi connectivity index (χ2v) is 3.24. The van der Waals surface area contributed by atoms with Crippen LogP contribution in [0.15, 0.2) is 18.5 Å². The number of pyridine rings is 1. The first-order valence-electron chi connectivity index (χ1n) is 4.40.